The Morgan fingerprint density at radius 2 is 0.863 bits per heavy atom. The van der Waals surface area contributed by atoms with Crippen molar-refractivity contribution < 1.29 is 120 Å². The smallest absolute Gasteiger partial charge is 0.335 e. The summed E-state index contributed by atoms with van der Waals surface area (Å²) in [6, 6.07) is -2.24. The number of aliphatic hydroxyl groups is 4. The lowest BCUT2D eigenvalue weighted by Gasteiger charge is -2.42. The molecule has 2 aliphatic carbocycles. The van der Waals surface area contributed by atoms with Gasteiger partial charge < -0.3 is 77.6 Å². The number of piperidine rings is 2. The van der Waals surface area contributed by atoms with Crippen LogP contribution in [0.25, 0.3) is 0 Å². The Kier molecular flexibility index (Phi) is 52.1. The number of aliphatic hydroxyl groups excluding tert-OH is 2. The van der Waals surface area contributed by atoms with E-state index in [-0.39, 0.29) is 110 Å². The van der Waals surface area contributed by atoms with Gasteiger partial charge >= 0.3 is 19.7 Å². The van der Waals surface area contributed by atoms with Gasteiger partial charge in [0.15, 0.2) is 11.6 Å². The van der Waals surface area contributed by atoms with Crippen molar-refractivity contribution in [2.24, 2.45) is 82.9 Å². The van der Waals surface area contributed by atoms with Crippen LogP contribution in [0.1, 0.15) is 297 Å². The highest BCUT2D eigenvalue weighted by Crippen LogP contribution is 2.44. The summed E-state index contributed by atoms with van der Waals surface area (Å²) in [6.07, 6.45) is 31.9. The first-order chi connectivity index (χ1) is 65.8. The summed E-state index contributed by atoms with van der Waals surface area (Å²) in [4.78, 5) is 144. The number of rotatable bonds is 17. The fourth-order valence-corrected chi connectivity index (χ4v) is 22.1. The first-order valence-electron chi connectivity index (χ1n) is 52.2. The molecule has 31 atom stereocenters. The predicted octanol–water partition coefficient (Wildman–Crippen LogP) is 17.9. The SMILES string of the molecule is CCCC.CO[C@H]1C[C@@H]2CC[C@@H](C)[C@@](O)(O2)C(=O)C(=O)N2CCCC[C@H]2C(=O)O[C@H]([C@H](C)C[C@@H]2CCC(C)[C@H](OC)C2)CC(=O)[C@H](C)/C=C(\C)[C@@H](O)[C@@H](OC)C(=O)[C@H](C)C[C@H](C)/C=C/C=C/C=C/1C.CO[C@H]1C[C@@H]2CC[C@@H](C)[C@@](O)(O2)C(=O)C(=O)N2CCCC[C@H]2C(=O)O[C@H]([C@H](C)C[C@@H]2CCC(CCC[P+](C)=O)[C@H](OC)C2)CC(=O)[C@H](C)/C=C(\C)[C@@H](O)[C@@H](OC)C(=O)[C@H](C)C[C@H](C)/C=C/C=C/C=C/1C. The molecule has 6 fully saturated rings. The predicted molar refractivity (Wildman–Crippen MR) is 539 cm³/mol. The Hall–Kier alpha value is -6.56. The molecule has 27 nitrogen and oxygen atoms in total. The van der Waals surface area contributed by atoms with Crippen LogP contribution in [-0.4, -0.2) is 254 Å². The minimum absolute atomic E-state index is 0.0178. The molecule has 4 saturated heterocycles. The largest absolute Gasteiger partial charge is 0.460 e. The first-order valence-corrected chi connectivity index (χ1v) is 54.1. The third-order valence-electron chi connectivity index (χ3n) is 31.0. The van der Waals surface area contributed by atoms with Crippen LogP contribution in [0.5, 0.6) is 0 Å². The number of methoxy groups -OCH3 is 6. The highest BCUT2D eigenvalue weighted by molar-refractivity contribution is 7.43. The number of hydrogen-bond acceptors (Lipinski definition) is 25. The third kappa shape index (κ3) is 35.7. The second-order valence-electron chi connectivity index (χ2n) is 42.3. The summed E-state index contributed by atoms with van der Waals surface area (Å²) in [5.74, 6) is -14.5. The van der Waals surface area contributed by atoms with Crippen molar-refractivity contribution in [3.05, 3.63) is 95.2 Å². The van der Waals surface area contributed by atoms with Crippen molar-refractivity contribution >= 4 is 66.3 Å². The molecule has 6 heterocycles. The number of carbonyl (C=O) groups excluding carboxylic acids is 10. The van der Waals surface area contributed by atoms with Crippen molar-refractivity contribution in [3.8, 4) is 0 Å². The summed E-state index contributed by atoms with van der Waals surface area (Å²) in [5.41, 5.74) is 2.58. The average molecular weight is 1970 g/mol. The number of hydrogen-bond donors (Lipinski definition) is 4. The van der Waals surface area contributed by atoms with E-state index in [0.717, 1.165) is 62.5 Å². The number of nitrogens with zero attached hydrogens (tertiary/aromatic N) is 2. The summed E-state index contributed by atoms with van der Waals surface area (Å²) in [7, 11) is 8.19. The molecule has 28 heteroatoms. The Morgan fingerprint density at radius 1 is 0.468 bits per heavy atom. The van der Waals surface area contributed by atoms with Gasteiger partial charge in [0.2, 0.25) is 11.6 Å². The minimum Gasteiger partial charge on any atom is -0.460 e. The number of ether oxygens (including phenoxy) is 10. The van der Waals surface area contributed by atoms with Crippen LogP contribution in [-0.2, 0) is 99.9 Å². The maximum atomic E-state index is 14.5. The zero-order valence-corrected chi connectivity index (χ0v) is 89.6. The van der Waals surface area contributed by atoms with Gasteiger partial charge in [0.05, 0.1) is 36.6 Å². The quantitative estimate of drug-likeness (QED) is 0.0455. The normalized spacial score (nSPS) is 38.5. The van der Waals surface area contributed by atoms with E-state index in [1.165, 1.54) is 36.9 Å². The van der Waals surface area contributed by atoms with Crippen LogP contribution in [0.2, 0.25) is 0 Å². The average Bonchev–Trinajstić information content (AvgIpc) is 0.774. The fraction of sp³-hybridized carbons (Fsp3) is 0.766. The van der Waals surface area contributed by atoms with E-state index in [4.69, 9.17) is 47.4 Å². The van der Waals surface area contributed by atoms with Crippen molar-refractivity contribution in [2.45, 2.75) is 394 Å². The van der Waals surface area contributed by atoms with Crippen LogP contribution in [0.4, 0.5) is 0 Å². The standard InChI is InChI=1S/C55H87NO13P.C52H81NO12.C4H10/c1-34-18-13-12-14-19-35(2)46(65-8)32-43-25-22-40(7)55(63,69-43)52(60)53(61)56-26-16-15-21-44(56)54(62)68-47(37(4)30-41-23-24-42(48(31-41)66-9)20-17-27-70(11)64)33-45(57)36(3)29-39(6)50(59)51(67-10)49(58)38(5)28-34;1-31-17-13-12-14-18-32(2)44(62-10)29-40-23-21-38(8)52(60,65-40)49(57)50(58)53-24-16-15-19-41(53)51(59)64-45(35(5)27-39-22-20-33(3)43(28-39)61-9)30-42(54)34(4)26-37(7)47(56)48(63-11)46(55)36(6)25-31;1-3-4-2/h12-14,18-19,29,34,36-38,40-44,46-48,50-51,59,63H,15-17,20-28,30-33H2,1-11H3;12-14,17-18,26,31,33-36,38-41,43-45,47-48,56,60H,15-16,19-25,27-30H2,1-11H3;3-4H2,1-2H3/q+1;;/b14-12+,18-13+,35-19+,39-29+;14-12+,17-13+,32-18+,37-26+;/t34-,36-,37-,38-,40-,41+,42?,43+,44+,46+,47+,48-,50-,51+,55-;31-,33?,34-,35-,36-,38-,39+,40+,41+,43-,44+,45+,47-,48+,52-;/m11./s1. The van der Waals surface area contributed by atoms with Gasteiger partial charge in [-0.15, -0.1) is 0 Å². The zero-order chi connectivity index (χ0) is 103. The van der Waals surface area contributed by atoms with Gasteiger partial charge in [-0.2, -0.15) is 0 Å². The van der Waals surface area contributed by atoms with E-state index in [2.05, 4.69) is 20.8 Å². The van der Waals surface area contributed by atoms with E-state index in [1.54, 1.807) is 88.8 Å². The van der Waals surface area contributed by atoms with Gasteiger partial charge in [-0.05, 0) is 239 Å². The van der Waals surface area contributed by atoms with Crippen molar-refractivity contribution in [3.63, 3.8) is 0 Å². The lowest BCUT2D eigenvalue weighted by Crippen LogP contribution is -2.61. The molecule has 0 spiro atoms. The minimum atomic E-state index is -2.43. The zero-order valence-electron chi connectivity index (χ0n) is 88.7. The maximum absolute atomic E-state index is 14.5. The second-order valence-corrected chi connectivity index (χ2v) is 44.0. The van der Waals surface area contributed by atoms with Crippen LogP contribution in [0.15, 0.2) is 95.2 Å². The Labute approximate surface area is 832 Å². The second kappa shape index (κ2) is 59.8. The van der Waals surface area contributed by atoms with E-state index < -0.39 is 163 Å². The number of carbonyl (C=O) groups is 10. The van der Waals surface area contributed by atoms with Gasteiger partial charge in [-0.25, -0.2) is 9.59 Å². The van der Waals surface area contributed by atoms with E-state index >= 15 is 0 Å². The topological polar surface area (TPSA) is 367 Å². The van der Waals surface area contributed by atoms with E-state index in [1.807, 2.05) is 116 Å². The number of fused-ring (bicyclic) bond motifs is 6. The van der Waals surface area contributed by atoms with Gasteiger partial charge in [-0.3, -0.25) is 38.4 Å². The number of allylic oxidation sites excluding steroid dienone is 12. The molecule has 2 amide bonds. The molecule has 8 rings (SSSR count). The van der Waals surface area contributed by atoms with E-state index in [0.29, 0.717) is 119 Å². The number of unbranched alkanes of at least 4 members (excludes halogenated alkanes) is 1. The molecule has 6 aliphatic heterocycles. The Balaban J connectivity index is 0.000000411. The molecule has 0 aromatic rings. The van der Waals surface area contributed by atoms with Crippen LogP contribution in [0.3, 0.4) is 0 Å². The highest BCUT2D eigenvalue weighted by Gasteiger charge is 2.56. The maximum Gasteiger partial charge on any atom is 0.335 e. The molecule has 4 N–H and O–H groups in total. The van der Waals surface area contributed by atoms with Gasteiger partial charge in [0.1, 0.15) is 73.1 Å². The van der Waals surface area contributed by atoms with Crippen LogP contribution >= 0.6 is 7.80 Å². The number of Topliss-reactive ketones (excluding diaryl/α,β-unsaturated/α-hetero) is 6. The molecule has 4 bridgehead atoms. The van der Waals surface area contributed by atoms with Crippen LogP contribution < -0.4 is 0 Å². The molecule has 0 radical (unpaired) electrons. The number of cyclic esters (lactones) is 2. The lowest BCUT2D eigenvalue weighted by atomic mass is 9.74. The summed E-state index contributed by atoms with van der Waals surface area (Å²) >= 11 is 0. The number of esters is 2. The Morgan fingerprint density at radius 3 is 1.24 bits per heavy atom. The first kappa shape index (κ1) is 121. The van der Waals surface area contributed by atoms with Crippen LogP contribution in [0, 0.1) is 82.9 Å². The number of ketones is 6. The lowest BCUT2D eigenvalue weighted by molar-refractivity contribution is -0.265. The van der Waals surface area contributed by atoms with Crippen molar-refractivity contribution in [2.75, 3.05) is 68.6 Å². The van der Waals surface area contributed by atoms with E-state index in [9.17, 15) is 72.9 Å². The molecule has 8 aliphatic rings. The Bertz CT molecular complexity index is 4220. The van der Waals surface area contributed by atoms with Crippen molar-refractivity contribution in [1.82, 2.24) is 9.80 Å². The summed E-state index contributed by atoms with van der Waals surface area (Å²) in [5, 5.41) is 46.9. The molecule has 2 saturated carbocycles. The molecular formula is C111H178N2O25P+. The molecular weight excluding hydrogens is 1790 g/mol. The fourth-order valence-electron chi connectivity index (χ4n) is 21.5. The summed E-state index contributed by atoms with van der Waals surface area (Å²) in [6.45, 7) is 34.1. The third-order valence-corrected chi connectivity index (χ3v) is 32.0. The monoisotopic (exact) mass is 1970 g/mol. The summed E-state index contributed by atoms with van der Waals surface area (Å²) < 4.78 is 71.5. The van der Waals surface area contributed by atoms with Crippen molar-refractivity contribution in [1.29, 1.82) is 0 Å². The molecule has 139 heavy (non-hydrogen) atoms. The molecule has 0 aromatic heterocycles. The molecule has 3 unspecified atom stereocenters. The van der Waals surface area contributed by atoms with Gasteiger partial charge in [0.25, 0.3) is 23.4 Å². The molecule has 0 aromatic carbocycles. The van der Waals surface area contributed by atoms with Gasteiger partial charge in [0, 0.05) is 117 Å². The number of amides is 2. The van der Waals surface area contributed by atoms with Gasteiger partial charge in [-0.1, -0.05) is 180 Å². The molecule has 786 valence electrons. The highest BCUT2D eigenvalue weighted by atomic mass is 31.1.